The first-order valence-electron chi connectivity index (χ1n) is 7.70. The van der Waals surface area contributed by atoms with Crippen molar-refractivity contribution < 1.29 is 9.90 Å². The fourth-order valence-corrected chi connectivity index (χ4v) is 4.09. The first-order valence-corrected chi connectivity index (χ1v) is 8.51. The third kappa shape index (κ3) is 3.02. The zero-order valence-electron chi connectivity index (χ0n) is 13.0. The first kappa shape index (κ1) is 15.1. The Morgan fingerprint density at radius 1 is 1.18 bits per heavy atom. The van der Waals surface area contributed by atoms with Crippen molar-refractivity contribution in [3.05, 3.63) is 51.2 Å². The van der Waals surface area contributed by atoms with Crippen molar-refractivity contribution in [2.24, 2.45) is 0 Å². The largest absolute Gasteiger partial charge is 0.508 e. The molecule has 1 aromatic carbocycles. The number of likely N-dealkylation sites (tertiary alicyclic amines) is 1. The standard InChI is InChI=1S/C18H21NO2S/c1-12-11-17(13(2)22-12)18(21)19-9-7-15(8-10-19)14-3-5-16(20)6-4-14/h3-6,11,15,20H,7-10H2,1-2H3. The highest BCUT2D eigenvalue weighted by molar-refractivity contribution is 7.12. The monoisotopic (exact) mass is 315 g/mol. The van der Waals surface area contributed by atoms with Gasteiger partial charge < -0.3 is 10.0 Å². The molecular formula is C18H21NO2S. The molecule has 1 aromatic heterocycles. The highest BCUT2D eigenvalue weighted by Gasteiger charge is 2.25. The van der Waals surface area contributed by atoms with Gasteiger partial charge in [0.15, 0.2) is 0 Å². The van der Waals surface area contributed by atoms with Gasteiger partial charge in [0.25, 0.3) is 5.91 Å². The zero-order valence-corrected chi connectivity index (χ0v) is 13.8. The SMILES string of the molecule is Cc1cc(C(=O)N2CCC(c3ccc(O)cc3)CC2)c(C)s1. The molecule has 1 saturated heterocycles. The normalized spacial score (nSPS) is 16.0. The van der Waals surface area contributed by atoms with E-state index in [1.807, 2.05) is 36.9 Å². The molecule has 0 saturated carbocycles. The number of carbonyl (C=O) groups excluding carboxylic acids is 1. The van der Waals surface area contributed by atoms with Crippen LogP contribution in [0, 0.1) is 13.8 Å². The zero-order chi connectivity index (χ0) is 15.7. The molecule has 0 unspecified atom stereocenters. The van der Waals surface area contributed by atoms with Gasteiger partial charge in [-0.3, -0.25) is 4.79 Å². The third-order valence-electron chi connectivity index (χ3n) is 4.42. The molecular weight excluding hydrogens is 294 g/mol. The van der Waals surface area contributed by atoms with Gasteiger partial charge in [-0.05, 0) is 56.4 Å². The maximum absolute atomic E-state index is 12.6. The number of nitrogens with zero attached hydrogens (tertiary/aromatic N) is 1. The predicted octanol–water partition coefficient (Wildman–Crippen LogP) is 4.09. The van der Waals surface area contributed by atoms with Gasteiger partial charge in [-0.2, -0.15) is 0 Å². The second-order valence-corrected chi connectivity index (χ2v) is 7.45. The topological polar surface area (TPSA) is 40.5 Å². The van der Waals surface area contributed by atoms with E-state index < -0.39 is 0 Å². The number of hydrogen-bond donors (Lipinski definition) is 1. The molecule has 1 amide bonds. The number of thiophene rings is 1. The van der Waals surface area contributed by atoms with Crippen molar-refractivity contribution in [3.8, 4) is 5.75 Å². The minimum Gasteiger partial charge on any atom is -0.508 e. The van der Waals surface area contributed by atoms with Gasteiger partial charge in [-0.1, -0.05) is 12.1 Å². The number of carbonyl (C=O) groups is 1. The van der Waals surface area contributed by atoms with Crippen LogP contribution in [0.3, 0.4) is 0 Å². The summed E-state index contributed by atoms with van der Waals surface area (Å²) < 4.78 is 0. The first-order chi connectivity index (χ1) is 10.5. The Morgan fingerprint density at radius 2 is 1.82 bits per heavy atom. The molecule has 0 radical (unpaired) electrons. The van der Waals surface area contributed by atoms with Crippen LogP contribution in [-0.2, 0) is 0 Å². The smallest absolute Gasteiger partial charge is 0.254 e. The second-order valence-electron chi connectivity index (χ2n) is 5.98. The number of phenols is 1. The minimum absolute atomic E-state index is 0.172. The number of piperidine rings is 1. The molecule has 0 aliphatic carbocycles. The van der Waals surface area contributed by atoms with E-state index in [1.165, 1.54) is 10.4 Å². The van der Waals surface area contributed by atoms with Gasteiger partial charge in [0.2, 0.25) is 0 Å². The Morgan fingerprint density at radius 3 is 2.36 bits per heavy atom. The number of benzene rings is 1. The van der Waals surface area contributed by atoms with Gasteiger partial charge in [-0.15, -0.1) is 11.3 Å². The summed E-state index contributed by atoms with van der Waals surface area (Å²) in [6.07, 6.45) is 1.97. The van der Waals surface area contributed by atoms with E-state index in [9.17, 15) is 9.90 Å². The summed E-state index contributed by atoms with van der Waals surface area (Å²) in [4.78, 5) is 16.9. The number of aromatic hydroxyl groups is 1. The molecule has 116 valence electrons. The van der Waals surface area contributed by atoms with Crippen LogP contribution in [0.5, 0.6) is 5.75 Å². The fourth-order valence-electron chi connectivity index (χ4n) is 3.18. The lowest BCUT2D eigenvalue weighted by Gasteiger charge is -2.32. The highest BCUT2D eigenvalue weighted by Crippen LogP contribution is 2.30. The van der Waals surface area contributed by atoms with Gasteiger partial charge in [-0.25, -0.2) is 0 Å². The molecule has 3 nitrogen and oxygen atoms in total. The molecule has 0 bridgehead atoms. The van der Waals surface area contributed by atoms with E-state index in [-0.39, 0.29) is 5.91 Å². The summed E-state index contributed by atoms with van der Waals surface area (Å²) in [6.45, 7) is 5.68. The summed E-state index contributed by atoms with van der Waals surface area (Å²) >= 11 is 1.69. The van der Waals surface area contributed by atoms with Crippen LogP contribution in [0.1, 0.15) is 44.4 Å². The van der Waals surface area contributed by atoms with Crippen molar-refractivity contribution in [2.45, 2.75) is 32.6 Å². The molecule has 1 aliphatic heterocycles. The van der Waals surface area contributed by atoms with Crippen LogP contribution < -0.4 is 0 Å². The lowest BCUT2D eigenvalue weighted by Crippen LogP contribution is -2.38. The molecule has 2 heterocycles. The van der Waals surface area contributed by atoms with Crippen molar-refractivity contribution in [1.82, 2.24) is 4.90 Å². The average Bonchev–Trinajstić information content (AvgIpc) is 2.86. The fraction of sp³-hybridized carbons (Fsp3) is 0.389. The lowest BCUT2D eigenvalue weighted by atomic mass is 9.89. The summed E-state index contributed by atoms with van der Waals surface area (Å²) in [6, 6.07) is 9.47. The van der Waals surface area contributed by atoms with E-state index >= 15 is 0 Å². The average molecular weight is 315 g/mol. The molecule has 1 N–H and O–H groups in total. The van der Waals surface area contributed by atoms with Gasteiger partial charge >= 0.3 is 0 Å². The second kappa shape index (κ2) is 6.13. The van der Waals surface area contributed by atoms with Crippen LogP contribution in [0.15, 0.2) is 30.3 Å². The number of phenolic OH excluding ortho intramolecular Hbond substituents is 1. The minimum atomic E-state index is 0.172. The van der Waals surface area contributed by atoms with E-state index in [2.05, 4.69) is 0 Å². The number of amides is 1. The molecule has 4 heteroatoms. The molecule has 3 rings (SSSR count). The molecule has 2 aromatic rings. The lowest BCUT2D eigenvalue weighted by molar-refractivity contribution is 0.0713. The Balaban J connectivity index is 1.65. The Hall–Kier alpha value is -1.81. The molecule has 1 fully saturated rings. The van der Waals surface area contributed by atoms with Crippen molar-refractivity contribution >= 4 is 17.2 Å². The summed E-state index contributed by atoms with van der Waals surface area (Å²) in [7, 11) is 0. The molecule has 0 atom stereocenters. The molecule has 1 aliphatic rings. The van der Waals surface area contributed by atoms with E-state index in [0.29, 0.717) is 11.7 Å². The van der Waals surface area contributed by atoms with Crippen LogP contribution in [0.25, 0.3) is 0 Å². The van der Waals surface area contributed by atoms with Crippen molar-refractivity contribution in [1.29, 1.82) is 0 Å². The van der Waals surface area contributed by atoms with Crippen LogP contribution >= 0.6 is 11.3 Å². The Bertz CT molecular complexity index is 667. The van der Waals surface area contributed by atoms with Crippen molar-refractivity contribution in [2.75, 3.05) is 13.1 Å². The summed E-state index contributed by atoms with van der Waals surface area (Å²) in [5.74, 6) is 0.959. The molecule has 22 heavy (non-hydrogen) atoms. The maximum atomic E-state index is 12.6. The summed E-state index contributed by atoms with van der Waals surface area (Å²) in [5, 5.41) is 9.37. The Labute approximate surface area is 135 Å². The van der Waals surface area contributed by atoms with Gasteiger partial charge in [0.05, 0.1) is 5.56 Å². The third-order valence-corrected chi connectivity index (χ3v) is 5.38. The van der Waals surface area contributed by atoms with Crippen LogP contribution in [0.4, 0.5) is 0 Å². The predicted molar refractivity (Wildman–Crippen MR) is 89.8 cm³/mol. The quantitative estimate of drug-likeness (QED) is 0.907. The van der Waals surface area contributed by atoms with Crippen LogP contribution in [0.2, 0.25) is 0 Å². The Kier molecular flexibility index (Phi) is 4.21. The molecule has 0 spiro atoms. The van der Waals surface area contributed by atoms with E-state index in [1.54, 1.807) is 23.5 Å². The highest BCUT2D eigenvalue weighted by atomic mass is 32.1. The van der Waals surface area contributed by atoms with E-state index in [4.69, 9.17) is 0 Å². The van der Waals surface area contributed by atoms with Crippen LogP contribution in [-0.4, -0.2) is 29.0 Å². The maximum Gasteiger partial charge on any atom is 0.254 e. The number of aryl methyl sites for hydroxylation is 2. The number of hydrogen-bond acceptors (Lipinski definition) is 3. The van der Waals surface area contributed by atoms with E-state index in [0.717, 1.165) is 36.4 Å². The van der Waals surface area contributed by atoms with Crippen molar-refractivity contribution in [3.63, 3.8) is 0 Å². The summed E-state index contributed by atoms with van der Waals surface area (Å²) in [5.41, 5.74) is 2.12. The van der Waals surface area contributed by atoms with Gasteiger partial charge in [0, 0.05) is 22.8 Å². The number of rotatable bonds is 2. The van der Waals surface area contributed by atoms with Gasteiger partial charge in [0.1, 0.15) is 5.75 Å².